The Morgan fingerprint density at radius 3 is 2.33 bits per heavy atom. The molecule has 1 aromatic carbocycles. The lowest BCUT2D eigenvalue weighted by molar-refractivity contribution is 0.0816. The average Bonchev–Trinajstić information content (AvgIpc) is 2.46. The monoisotopic (exact) mass is 257 g/mol. The number of aromatic nitrogens is 1. The highest BCUT2D eigenvalue weighted by Crippen LogP contribution is 2.17. The number of Topliss-reactive ketones (excluding diaryl/α,β-unsaturated/α-hetero) is 2. The largest absolute Gasteiger partial charge is 0.285 e. The molecule has 0 saturated carbocycles. The Morgan fingerprint density at radius 2 is 1.67 bits per heavy atom. The van der Waals surface area contributed by atoms with Crippen molar-refractivity contribution in [2.45, 2.75) is 4.90 Å². The normalized spacial score (nSPS) is 10.1. The van der Waals surface area contributed by atoms with E-state index in [0.29, 0.717) is 11.1 Å². The smallest absolute Gasteiger partial charge is 0.233 e. The van der Waals surface area contributed by atoms with Crippen LogP contribution in [0.4, 0.5) is 0 Å². The molecule has 0 N–H and O–H groups in total. The first-order chi connectivity index (χ1) is 8.72. The molecule has 0 unspecified atom stereocenters. The molecule has 1 aromatic heterocycles. The van der Waals surface area contributed by atoms with Gasteiger partial charge in [-0.25, -0.2) is 0 Å². The summed E-state index contributed by atoms with van der Waals surface area (Å²) in [7, 11) is 0. The molecular formula is C14H11NO2S. The predicted molar refractivity (Wildman–Crippen MR) is 71.1 cm³/mol. The van der Waals surface area contributed by atoms with Crippen LogP contribution < -0.4 is 0 Å². The molecule has 18 heavy (non-hydrogen) atoms. The molecule has 0 saturated heterocycles. The highest BCUT2D eigenvalue weighted by molar-refractivity contribution is 7.98. The molecule has 4 heteroatoms. The molecule has 0 bridgehead atoms. The van der Waals surface area contributed by atoms with Gasteiger partial charge in [-0.05, 0) is 30.5 Å². The lowest BCUT2D eigenvalue weighted by Crippen LogP contribution is -2.14. The zero-order valence-corrected chi connectivity index (χ0v) is 10.6. The third-order valence-corrected chi connectivity index (χ3v) is 3.21. The van der Waals surface area contributed by atoms with Crippen molar-refractivity contribution in [2.24, 2.45) is 0 Å². The summed E-state index contributed by atoms with van der Waals surface area (Å²) in [5.74, 6) is -0.993. The molecule has 1 heterocycles. The number of hydrogen-bond acceptors (Lipinski definition) is 4. The summed E-state index contributed by atoms with van der Waals surface area (Å²) in [6.45, 7) is 0. The summed E-state index contributed by atoms with van der Waals surface area (Å²) in [5, 5.41) is 0. The maximum Gasteiger partial charge on any atom is 0.233 e. The lowest BCUT2D eigenvalue weighted by atomic mass is 10.0. The van der Waals surface area contributed by atoms with E-state index in [1.807, 2.05) is 12.3 Å². The van der Waals surface area contributed by atoms with E-state index in [1.165, 1.54) is 24.2 Å². The highest BCUT2D eigenvalue weighted by Gasteiger charge is 2.18. The van der Waals surface area contributed by atoms with Crippen LogP contribution in [0.3, 0.4) is 0 Å². The third kappa shape index (κ3) is 2.65. The molecule has 0 aliphatic carbocycles. The van der Waals surface area contributed by atoms with Gasteiger partial charge >= 0.3 is 0 Å². The van der Waals surface area contributed by atoms with E-state index in [9.17, 15) is 9.59 Å². The number of rotatable bonds is 4. The van der Waals surface area contributed by atoms with Crippen LogP contribution in [-0.2, 0) is 0 Å². The first-order valence-electron chi connectivity index (χ1n) is 5.35. The molecule has 0 aliphatic heterocycles. The fraction of sp³-hybridized carbons (Fsp3) is 0.0714. The fourth-order valence-electron chi connectivity index (χ4n) is 1.53. The molecule has 0 spiro atoms. The zero-order valence-electron chi connectivity index (χ0n) is 9.79. The van der Waals surface area contributed by atoms with Crippen LogP contribution in [0, 0.1) is 0 Å². The van der Waals surface area contributed by atoms with E-state index in [4.69, 9.17) is 0 Å². The third-order valence-electron chi connectivity index (χ3n) is 2.48. The Hall–Kier alpha value is -1.94. The van der Waals surface area contributed by atoms with Gasteiger partial charge in [-0.15, -0.1) is 11.8 Å². The van der Waals surface area contributed by atoms with Gasteiger partial charge in [-0.2, -0.15) is 0 Å². The number of pyridine rings is 1. The SMILES string of the molecule is CSc1cccc(C(=O)C(=O)c2ccncc2)c1. The zero-order chi connectivity index (χ0) is 13.0. The van der Waals surface area contributed by atoms with Crippen LogP contribution in [0.5, 0.6) is 0 Å². The minimum absolute atomic E-state index is 0.365. The summed E-state index contributed by atoms with van der Waals surface area (Å²) in [6.07, 6.45) is 4.92. The second kappa shape index (κ2) is 5.60. The van der Waals surface area contributed by atoms with Crippen molar-refractivity contribution in [3.8, 4) is 0 Å². The number of ketones is 2. The van der Waals surface area contributed by atoms with Gasteiger partial charge in [0.2, 0.25) is 11.6 Å². The van der Waals surface area contributed by atoms with Crippen molar-refractivity contribution < 1.29 is 9.59 Å². The van der Waals surface area contributed by atoms with E-state index < -0.39 is 11.6 Å². The lowest BCUT2D eigenvalue weighted by Gasteiger charge is -2.02. The molecular weight excluding hydrogens is 246 g/mol. The first-order valence-corrected chi connectivity index (χ1v) is 6.58. The average molecular weight is 257 g/mol. The van der Waals surface area contributed by atoms with Crippen molar-refractivity contribution in [3.05, 3.63) is 59.9 Å². The molecule has 0 aliphatic rings. The molecule has 2 aromatic rings. The number of hydrogen-bond donors (Lipinski definition) is 0. The topological polar surface area (TPSA) is 47.0 Å². The minimum atomic E-state index is -0.504. The van der Waals surface area contributed by atoms with Crippen LogP contribution in [0.25, 0.3) is 0 Å². The summed E-state index contributed by atoms with van der Waals surface area (Å²) >= 11 is 1.53. The maximum atomic E-state index is 12.0. The Kier molecular flexibility index (Phi) is 3.89. The van der Waals surface area contributed by atoms with Crippen molar-refractivity contribution in [3.63, 3.8) is 0 Å². The number of carbonyl (C=O) groups excluding carboxylic acids is 2. The van der Waals surface area contributed by atoms with Gasteiger partial charge in [-0.3, -0.25) is 14.6 Å². The van der Waals surface area contributed by atoms with E-state index >= 15 is 0 Å². The fourth-order valence-corrected chi connectivity index (χ4v) is 1.99. The van der Waals surface area contributed by atoms with Gasteiger partial charge in [0.25, 0.3) is 0 Å². The summed E-state index contributed by atoms with van der Waals surface area (Å²) in [5.41, 5.74) is 0.785. The van der Waals surface area contributed by atoms with E-state index in [0.717, 1.165) is 4.90 Å². The summed E-state index contributed by atoms with van der Waals surface area (Å²) in [6, 6.07) is 10.1. The molecule has 90 valence electrons. The number of benzene rings is 1. The molecule has 3 nitrogen and oxygen atoms in total. The molecule has 2 rings (SSSR count). The standard InChI is InChI=1S/C14H11NO2S/c1-18-12-4-2-3-11(9-12)14(17)13(16)10-5-7-15-8-6-10/h2-9H,1H3. The quantitative estimate of drug-likeness (QED) is 0.480. The number of carbonyl (C=O) groups is 2. The Balaban J connectivity index is 2.29. The highest BCUT2D eigenvalue weighted by atomic mass is 32.2. The van der Waals surface area contributed by atoms with Crippen LogP contribution >= 0.6 is 11.8 Å². The summed E-state index contributed by atoms with van der Waals surface area (Å²) < 4.78 is 0. The van der Waals surface area contributed by atoms with E-state index in [-0.39, 0.29) is 0 Å². The van der Waals surface area contributed by atoms with Crippen molar-refractivity contribution in [1.82, 2.24) is 4.98 Å². The second-order valence-electron chi connectivity index (χ2n) is 3.63. The Labute approximate surface area is 109 Å². The van der Waals surface area contributed by atoms with Crippen LogP contribution in [0.2, 0.25) is 0 Å². The summed E-state index contributed by atoms with van der Waals surface area (Å²) in [4.78, 5) is 28.8. The van der Waals surface area contributed by atoms with Gasteiger partial charge in [0, 0.05) is 28.4 Å². The van der Waals surface area contributed by atoms with E-state index in [1.54, 1.807) is 30.3 Å². The first kappa shape index (κ1) is 12.5. The second-order valence-corrected chi connectivity index (χ2v) is 4.51. The van der Waals surface area contributed by atoms with Gasteiger partial charge in [0.1, 0.15) is 0 Å². The van der Waals surface area contributed by atoms with Crippen LogP contribution in [0.15, 0.2) is 53.7 Å². The van der Waals surface area contributed by atoms with Gasteiger partial charge in [0.15, 0.2) is 0 Å². The van der Waals surface area contributed by atoms with Gasteiger partial charge in [-0.1, -0.05) is 12.1 Å². The van der Waals surface area contributed by atoms with Gasteiger partial charge in [0.05, 0.1) is 0 Å². The maximum absolute atomic E-state index is 12.0. The predicted octanol–water partition coefficient (Wildman–Crippen LogP) is 2.87. The minimum Gasteiger partial charge on any atom is -0.285 e. The molecule has 0 fully saturated rings. The van der Waals surface area contributed by atoms with Crippen molar-refractivity contribution in [1.29, 1.82) is 0 Å². The number of thioether (sulfide) groups is 1. The molecule has 0 radical (unpaired) electrons. The van der Waals surface area contributed by atoms with Crippen LogP contribution in [-0.4, -0.2) is 22.8 Å². The van der Waals surface area contributed by atoms with Crippen molar-refractivity contribution in [2.75, 3.05) is 6.26 Å². The van der Waals surface area contributed by atoms with Gasteiger partial charge < -0.3 is 0 Å². The Bertz CT molecular complexity index is 581. The van der Waals surface area contributed by atoms with E-state index in [2.05, 4.69) is 4.98 Å². The van der Waals surface area contributed by atoms with Crippen molar-refractivity contribution >= 4 is 23.3 Å². The molecule has 0 atom stereocenters. The Morgan fingerprint density at radius 1 is 1.00 bits per heavy atom. The molecule has 0 amide bonds. The number of nitrogens with zero attached hydrogens (tertiary/aromatic N) is 1. The van der Waals surface area contributed by atoms with Crippen LogP contribution in [0.1, 0.15) is 20.7 Å².